The molecular weight excluding hydrogens is 352 g/mol. The molecule has 3 fully saturated rings. The SMILES string of the molecule is O=C(O)CN1C[C@H]2CC[C@@H](C1)C2NC(=O)C1(c2ccc(Cl)cc2)CCC1. The second-order valence-corrected chi connectivity index (χ2v) is 8.56. The van der Waals surface area contributed by atoms with Crippen LogP contribution >= 0.6 is 11.6 Å². The van der Waals surface area contributed by atoms with E-state index in [0.29, 0.717) is 16.9 Å². The molecule has 2 N–H and O–H groups in total. The molecule has 2 aliphatic carbocycles. The number of benzene rings is 1. The molecule has 3 aliphatic rings. The van der Waals surface area contributed by atoms with Gasteiger partial charge in [0, 0.05) is 24.2 Å². The van der Waals surface area contributed by atoms with Crippen molar-refractivity contribution in [3.8, 4) is 0 Å². The Bertz CT molecular complexity index is 688. The molecule has 1 unspecified atom stereocenters. The highest BCUT2D eigenvalue weighted by Gasteiger charge is 2.49. The molecule has 1 heterocycles. The molecule has 5 nitrogen and oxygen atoms in total. The van der Waals surface area contributed by atoms with E-state index in [0.717, 1.165) is 50.8 Å². The van der Waals surface area contributed by atoms with Gasteiger partial charge in [0.1, 0.15) is 0 Å². The molecule has 1 aromatic rings. The van der Waals surface area contributed by atoms with E-state index in [-0.39, 0.29) is 18.5 Å². The van der Waals surface area contributed by atoms with E-state index in [1.54, 1.807) is 0 Å². The highest BCUT2D eigenvalue weighted by atomic mass is 35.5. The van der Waals surface area contributed by atoms with Gasteiger partial charge in [-0.2, -0.15) is 0 Å². The fourth-order valence-corrected chi connectivity index (χ4v) is 5.24. The second-order valence-electron chi connectivity index (χ2n) is 8.13. The summed E-state index contributed by atoms with van der Waals surface area (Å²) in [6, 6.07) is 7.85. The second kappa shape index (κ2) is 6.86. The van der Waals surface area contributed by atoms with Crippen LogP contribution in [0.1, 0.15) is 37.7 Å². The van der Waals surface area contributed by atoms with Crippen LogP contribution in [-0.2, 0) is 15.0 Å². The predicted octanol–water partition coefficient (Wildman–Crippen LogP) is 2.67. The smallest absolute Gasteiger partial charge is 0.317 e. The van der Waals surface area contributed by atoms with Crippen LogP contribution in [-0.4, -0.2) is 47.6 Å². The molecule has 1 saturated heterocycles. The van der Waals surface area contributed by atoms with Gasteiger partial charge in [0.2, 0.25) is 5.91 Å². The fraction of sp³-hybridized carbons (Fsp3) is 0.600. The molecule has 2 bridgehead atoms. The number of piperidine rings is 1. The van der Waals surface area contributed by atoms with Gasteiger partial charge in [0.05, 0.1) is 12.0 Å². The van der Waals surface area contributed by atoms with Gasteiger partial charge < -0.3 is 10.4 Å². The number of rotatable bonds is 5. The van der Waals surface area contributed by atoms with Gasteiger partial charge in [-0.05, 0) is 55.2 Å². The van der Waals surface area contributed by atoms with Crippen molar-refractivity contribution in [1.82, 2.24) is 10.2 Å². The lowest BCUT2D eigenvalue weighted by atomic mass is 9.63. The van der Waals surface area contributed by atoms with Crippen molar-refractivity contribution in [3.05, 3.63) is 34.9 Å². The maximum atomic E-state index is 13.2. The zero-order valence-electron chi connectivity index (χ0n) is 14.8. The highest BCUT2D eigenvalue weighted by molar-refractivity contribution is 6.30. The average Bonchev–Trinajstić information content (AvgIpc) is 2.77. The first-order chi connectivity index (χ1) is 12.5. The summed E-state index contributed by atoms with van der Waals surface area (Å²) >= 11 is 6.01. The number of carbonyl (C=O) groups is 2. The van der Waals surface area contributed by atoms with Crippen molar-refractivity contribution in [1.29, 1.82) is 0 Å². The molecule has 3 atom stereocenters. The van der Waals surface area contributed by atoms with E-state index in [1.807, 2.05) is 29.2 Å². The summed E-state index contributed by atoms with van der Waals surface area (Å²) in [5, 5.41) is 13.1. The van der Waals surface area contributed by atoms with Crippen molar-refractivity contribution in [3.63, 3.8) is 0 Å². The number of amides is 1. The lowest BCUT2D eigenvalue weighted by Crippen LogP contribution is -2.58. The number of aliphatic carboxylic acids is 1. The van der Waals surface area contributed by atoms with Crippen molar-refractivity contribution in [2.75, 3.05) is 19.6 Å². The number of fused-ring (bicyclic) bond motifs is 2. The molecule has 1 aliphatic heterocycles. The Labute approximate surface area is 158 Å². The van der Waals surface area contributed by atoms with Crippen molar-refractivity contribution < 1.29 is 14.7 Å². The first-order valence-electron chi connectivity index (χ1n) is 9.49. The monoisotopic (exact) mass is 376 g/mol. The van der Waals surface area contributed by atoms with Crippen LogP contribution in [0.4, 0.5) is 0 Å². The maximum Gasteiger partial charge on any atom is 0.317 e. The molecule has 6 heteroatoms. The topological polar surface area (TPSA) is 69.6 Å². The number of likely N-dealkylation sites (tertiary alicyclic amines) is 1. The molecule has 0 spiro atoms. The standard InChI is InChI=1S/C20H25ClN2O3/c21-16-6-4-15(5-7-16)20(8-1-9-20)19(26)22-18-13-2-3-14(18)11-23(10-13)12-17(24)25/h4-7,13-14,18H,1-3,8-12H2,(H,22,26)(H,24,25)/t13-,14+,18?. The Morgan fingerprint density at radius 1 is 1.15 bits per heavy atom. The quantitative estimate of drug-likeness (QED) is 0.828. The molecule has 2 saturated carbocycles. The number of hydrogen-bond donors (Lipinski definition) is 2. The first-order valence-corrected chi connectivity index (χ1v) is 9.87. The number of hydrogen-bond acceptors (Lipinski definition) is 3. The summed E-state index contributed by atoms with van der Waals surface area (Å²) in [5.74, 6) is 0.0847. The third kappa shape index (κ3) is 3.12. The van der Waals surface area contributed by atoms with E-state index >= 15 is 0 Å². The van der Waals surface area contributed by atoms with E-state index < -0.39 is 11.4 Å². The van der Waals surface area contributed by atoms with E-state index in [2.05, 4.69) is 5.32 Å². The Hall–Kier alpha value is -1.59. The minimum Gasteiger partial charge on any atom is -0.480 e. The lowest BCUT2D eigenvalue weighted by molar-refractivity contribution is -0.139. The molecule has 0 radical (unpaired) electrons. The number of carboxylic acid groups (broad SMARTS) is 1. The van der Waals surface area contributed by atoms with E-state index in [9.17, 15) is 9.59 Å². The summed E-state index contributed by atoms with van der Waals surface area (Å²) < 4.78 is 0. The van der Waals surface area contributed by atoms with Crippen LogP contribution in [0.25, 0.3) is 0 Å². The Balaban J connectivity index is 1.46. The minimum atomic E-state index is -0.775. The highest BCUT2D eigenvalue weighted by Crippen LogP contribution is 2.45. The van der Waals surface area contributed by atoms with Crippen molar-refractivity contribution in [2.24, 2.45) is 11.8 Å². The lowest BCUT2D eigenvalue weighted by Gasteiger charge is -2.44. The van der Waals surface area contributed by atoms with Gasteiger partial charge in [-0.25, -0.2) is 0 Å². The summed E-state index contributed by atoms with van der Waals surface area (Å²) in [6.07, 6.45) is 4.97. The zero-order valence-corrected chi connectivity index (χ0v) is 15.5. The third-order valence-corrected chi connectivity index (χ3v) is 6.86. The van der Waals surface area contributed by atoms with Gasteiger partial charge in [0.25, 0.3) is 0 Å². The number of carbonyl (C=O) groups excluding carboxylic acids is 1. The summed E-state index contributed by atoms with van der Waals surface area (Å²) in [5.41, 5.74) is 0.642. The summed E-state index contributed by atoms with van der Waals surface area (Å²) in [7, 11) is 0. The molecular formula is C20H25ClN2O3. The van der Waals surface area contributed by atoms with Crippen molar-refractivity contribution in [2.45, 2.75) is 43.6 Å². The third-order valence-electron chi connectivity index (χ3n) is 6.60. The number of halogens is 1. The number of nitrogens with zero attached hydrogens (tertiary/aromatic N) is 1. The fourth-order valence-electron chi connectivity index (χ4n) is 5.11. The van der Waals surface area contributed by atoms with Gasteiger partial charge >= 0.3 is 5.97 Å². The average molecular weight is 377 g/mol. The van der Waals surface area contributed by atoms with Crippen LogP contribution in [0, 0.1) is 11.8 Å². The van der Waals surface area contributed by atoms with Crippen LogP contribution < -0.4 is 5.32 Å². The molecule has 4 rings (SSSR count). The van der Waals surface area contributed by atoms with Crippen LogP contribution in [0.3, 0.4) is 0 Å². The normalized spacial score (nSPS) is 29.8. The summed E-state index contributed by atoms with van der Waals surface area (Å²) in [4.78, 5) is 26.2. The van der Waals surface area contributed by atoms with Gasteiger partial charge in [-0.15, -0.1) is 0 Å². The van der Waals surface area contributed by atoms with Crippen LogP contribution in [0.2, 0.25) is 5.02 Å². The first kappa shape index (κ1) is 17.8. The summed E-state index contributed by atoms with van der Waals surface area (Å²) in [6.45, 7) is 1.63. The van der Waals surface area contributed by atoms with E-state index in [4.69, 9.17) is 16.7 Å². The largest absolute Gasteiger partial charge is 0.480 e. The van der Waals surface area contributed by atoms with Gasteiger partial charge in [-0.3, -0.25) is 14.5 Å². The molecule has 140 valence electrons. The zero-order chi connectivity index (χ0) is 18.3. The van der Waals surface area contributed by atoms with E-state index in [1.165, 1.54) is 0 Å². The number of nitrogens with one attached hydrogen (secondary N) is 1. The van der Waals surface area contributed by atoms with Crippen LogP contribution in [0.15, 0.2) is 24.3 Å². The van der Waals surface area contributed by atoms with Gasteiger partial charge in [-0.1, -0.05) is 30.2 Å². The Morgan fingerprint density at radius 3 is 2.27 bits per heavy atom. The molecule has 1 aromatic carbocycles. The predicted molar refractivity (Wildman–Crippen MR) is 99.2 cm³/mol. The molecule has 1 amide bonds. The number of carboxylic acids is 1. The Kier molecular flexibility index (Phi) is 4.70. The maximum absolute atomic E-state index is 13.2. The molecule has 26 heavy (non-hydrogen) atoms. The Morgan fingerprint density at radius 2 is 1.77 bits per heavy atom. The van der Waals surface area contributed by atoms with Gasteiger partial charge in [0.15, 0.2) is 0 Å². The van der Waals surface area contributed by atoms with Crippen LogP contribution in [0.5, 0.6) is 0 Å². The molecule has 0 aromatic heterocycles. The van der Waals surface area contributed by atoms with Crippen molar-refractivity contribution >= 4 is 23.5 Å². The minimum absolute atomic E-state index is 0.0996.